The minimum Gasteiger partial charge on any atom is -0.309 e. The number of carbonyl (C=O) groups is 1. The van der Waals surface area contributed by atoms with Gasteiger partial charge in [0.15, 0.2) is 5.78 Å². The van der Waals surface area contributed by atoms with Crippen LogP contribution in [0.2, 0.25) is 0 Å². The number of hydrogen-bond donors (Lipinski definition) is 1. The zero-order valence-electron chi connectivity index (χ0n) is 9.05. The number of fused-ring (bicyclic) bond motifs is 2. The van der Waals surface area contributed by atoms with Crippen LogP contribution in [0.25, 0.3) is 0 Å². The van der Waals surface area contributed by atoms with Gasteiger partial charge in [0.05, 0.1) is 6.54 Å². The second-order valence-electron chi connectivity index (χ2n) is 4.85. The van der Waals surface area contributed by atoms with Crippen LogP contribution < -0.4 is 5.32 Å². The highest BCUT2D eigenvalue weighted by molar-refractivity contribution is 9.10. The second-order valence-corrected chi connectivity index (χ2v) is 5.77. The lowest BCUT2D eigenvalue weighted by Crippen LogP contribution is -2.42. The van der Waals surface area contributed by atoms with E-state index in [1.54, 1.807) is 0 Å². The summed E-state index contributed by atoms with van der Waals surface area (Å²) >= 11 is 3.51. The fourth-order valence-corrected chi connectivity index (χ4v) is 3.21. The molecule has 1 fully saturated rings. The molecule has 3 heteroatoms. The second kappa shape index (κ2) is 3.67. The van der Waals surface area contributed by atoms with Crippen LogP contribution in [-0.2, 0) is 5.41 Å². The minimum atomic E-state index is 0.227. The third-order valence-corrected chi connectivity index (χ3v) is 4.41. The molecular formula is C13H14BrNO. The minimum absolute atomic E-state index is 0.227. The Morgan fingerprint density at radius 1 is 1.31 bits per heavy atom. The van der Waals surface area contributed by atoms with Gasteiger partial charge in [-0.25, -0.2) is 0 Å². The highest BCUT2D eigenvalue weighted by atomic mass is 79.9. The predicted octanol–water partition coefficient (Wildman–Crippen LogP) is 2.66. The van der Waals surface area contributed by atoms with Crippen molar-refractivity contribution < 1.29 is 4.79 Å². The topological polar surface area (TPSA) is 29.1 Å². The number of rotatable bonds is 0. The monoisotopic (exact) mass is 279 g/mol. The summed E-state index contributed by atoms with van der Waals surface area (Å²) in [6, 6.07) is 6.07. The van der Waals surface area contributed by atoms with Crippen molar-refractivity contribution in [2.45, 2.75) is 24.7 Å². The number of nitrogens with one attached hydrogen (secondary N) is 1. The largest absolute Gasteiger partial charge is 0.309 e. The third kappa shape index (κ3) is 1.45. The average molecular weight is 280 g/mol. The normalized spacial score (nSPS) is 22.4. The number of halogens is 1. The number of carbonyl (C=O) groups excluding carboxylic acids is 1. The van der Waals surface area contributed by atoms with Crippen molar-refractivity contribution >= 4 is 21.7 Å². The number of Topliss-reactive ketones (excluding diaryl/α,β-unsaturated/α-hetero) is 1. The zero-order chi connectivity index (χ0) is 11.2. The first kappa shape index (κ1) is 10.5. The molecule has 1 aromatic carbocycles. The summed E-state index contributed by atoms with van der Waals surface area (Å²) in [7, 11) is 0. The molecule has 0 amide bonds. The van der Waals surface area contributed by atoms with Gasteiger partial charge < -0.3 is 5.32 Å². The van der Waals surface area contributed by atoms with E-state index in [1.807, 2.05) is 12.1 Å². The van der Waals surface area contributed by atoms with Gasteiger partial charge in [-0.15, -0.1) is 0 Å². The lowest BCUT2D eigenvalue weighted by Gasteiger charge is -2.42. The highest BCUT2D eigenvalue weighted by Crippen LogP contribution is 2.46. The molecule has 0 bridgehead atoms. The van der Waals surface area contributed by atoms with Gasteiger partial charge in [0.1, 0.15) is 0 Å². The van der Waals surface area contributed by atoms with E-state index >= 15 is 0 Å². The molecule has 1 aliphatic carbocycles. The summed E-state index contributed by atoms with van der Waals surface area (Å²) in [5, 5.41) is 3.29. The molecule has 16 heavy (non-hydrogen) atoms. The standard InChI is InChI=1S/C13H14BrNO/c14-9-2-3-10-11(6-9)13(4-1-5-13)8-15-7-12(10)16/h2-3,6,15H,1,4-5,7-8H2. The molecule has 1 aromatic rings. The van der Waals surface area contributed by atoms with Crippen molar-refractivity contribution in [3.8, 4) is 0 Å². The van der Waals surface area contributed by atoms with Crippen molar-refractivity contribution in [3.63, 3.8) is 0 Å². The first-order chi connectivity index (χ1) is 7.71. The van der Waals surface area contributed by atoms with Crippen LogP contribution in [0.15, 0.2) is 22.7 Å². The maximum absolute atomic E-state index is 12.0. The average Bonchev–Trinajstić information content (AvgIpc) is 2.34. The maximum Gasteiger partial charge on any atom is 0.176 e. The molecule has 1 saturated carbocycles. The summed E-state index contributed by atoms with van der Waals surface area (Å²) in [5.41, 5.74) is 2.40. The fraction of sp³-hybridized carbons (Fsp3) is 0.462. The van der Waals surface area contributed by atoms with Gasteiger partial charge in [0.2, 0.25) is 0 Å². The molecule has 1 aliphatic heterocycles. The van der Waals surface area contributed by atoms with Crippen LogP contribution in [-0.4, -0.2) is 18.9 Å². The Kier molecular flexibility index (Phi) is 2.41. The van der Waals surface area contributed by atoms with Crippen molar-refractivity contribution in [2.24, 2.45) is 0 Å². The zero-order valence-corrected chi connectivity index (χ0v) is 10.6. The van der Waals surface area contributed by atoms with Crippen molar-refractivity contribution in [3.05, 3.63) is 33.8 Å². The van der Waals surface area contributed by atoms with E-state index in [2.05, 4.69) is 27.3 Å². The van der Waals surface area contributed by atoms with E-state index in [0.29, 0.717) is 6.54 Å². The summed E-state index contributed by atoms with van der Waals surface area (Å²) < 4.78 is 1.08. The summed E-state index contributed by atoms with van der Waals surface area (Å²) in [6.45, 7) is 1.43. The van der Waals surface area contributed by atoms with E-state index in [-0.39, 0.29) is 11.2 Å². The first-order valence-electron chi connectivity index (χ1n) is 5.75. The molecule has 2 aliphatic rings. The van der Waals surface area contributed by atoms with Crippen LogP contribution in [0, 0.1) is 0 Å². The van der Waals surface area contributed by atoms with Crippen LogP contribution in [0.4, 0.5) is 0 Å². The molecule has 3 rings (SSSR count). The first-order valence-corrected chi connectivity index (χ1v) is 6.55. The lowest BCUT2D eigenvalue weighted by molar-refractivity contribution is 0.0993. The Bertz CT molecular complexity index is 451. The molecule has 2 nitrogen and oxygen atoms in total. The Hall–Kier alpha value is -0.670. The molecule has 0 radical (unpaired) electrons. The van der Waals surface area contributed by atoms with Crippen molar-refractivity contribution in [1.29, 1.82) is 0 Å². The predicted molar refractivity (Wildman–Crippen MR) is 66.9 cm³/mol. The SMILES string of the molecule is O=C1CNCC2(CCC2)c2cc(Br)ccc21. The van der Waals surface area contributed by atoms with Gasteiger partial charge in [-0.05, 0) is 36.6 Å². The van der Waals surface area contributed by atoms with Crippen molar-refractivity contribution in [2.75, 3.05) is 13.1 Å². The molecule has 84 valence electrons. The molecule has 1 N–H and O–H groups in total. The summed E-state index contributed by atoms with van der Waals surface area (Å²) in [4.78, 5) is 12.0. The van der Waals surface area contributed by atoms with E-state index in [1.165, 1.54) is 24.8 Å². The Balaban J connectivity index is 2.17. The van der Waals surface area contributed by atoms with Gasteiger partial charge >= 0.3 is 0 Å². The van der Waals surface area contributed by atoms with E-state index in [0.717, 1.165) is 16.6 Å². The maximum atomic E-state index is 12.0. The fourth-order valence-electron chi connectivity index (χ4n) is 2.85. The molecular weight excluding hydrogens is 266 g/mol. The van der Waals surface area contributed by atoms with Gasteiger partial charge in [-0.3, -0.25) is 4.79 Å². The molecule has 0 unspecified atom stereocenters. The van der Waals surface area contributed by atoms with E-state index in [4.69, 9.17) is 0 Å². The Labute approximate surface area is 104 Å². The lowest BCUT2D eigenvalue weighted by atomic mass is 9.63. The van der Waals surface area contributed by atoms with Crippen LogP contribution in [0.3, 0.4) is 0 Å². The summed E-state index contributed by atoms with van der Waals surface area (Å²) in [6.07, 6.45) is 3.69. The quantitative estimate of drug-likeness (QED) is 0.791. The molecule has 1 heterocycles. The molecule has 1 spiro atoms. The van der Waals surface area contributed by atoms with E-state index < -0.39 is 0 Å². The van der Waals surface area contributed by atoms with Gasteiger partial charge in [0, 0.05) is 22.0 Å². The smallest absolute Gasteiger partial charge is 0.176 e. The van der Waals surface area contributed by atoms with Crippen LogP contribution in [0.1, 0.15) is 35.2 Å². The molecule has 0 atom stereocenters. The highest BCUT2D eigenvalue weighted by Gasteiger charge is 2.42. The van der Waals surface area contributed by atoms with Gasteiger partial charge in [-0.2, -0.15) is 0 Å². The van der Waals surface area contributed by atoms with Crippen molar-refractivity contribution in [1.82, 2.24) is 5.32 Å². The third-order valence-electron chi connectivity index (χ3n) is 3.91. The van der Waals surface area contributed by atoms with Crippen LogP contribution in [0.5, 0.6) is 0 Å². The Morgan fingerprint density at radius 2 is 2.12 bits per heavy atom. The van der Waals surface area contributed by atoms with Crippen LogP contribution >= 0.6 is 15.9 Å². The summed E-state index contributed by atoms with van der Waals surface area (Å²) in [5.74, 6) is 0.228. The molecule has 0 saturated heterocycles. The van der Waals surface area contributed by atoms with Gasteiger partial charge in [-0.1, -0.05) is 22.4 Å². The number of hydrogen-bond acceptors (Lipinski definition) is 2. The molecule has 0 aromatic heterocycles. The number of ketones is 1. The Morgan fingerprint density at radius 3 is 2.81 bits per heavy atom. The number of benzene rings is 1. The van der Waals surface area contributed by atoms with E-state index in [9.17, 15) is 4.79 Å². The van der Waals surface area contributed by atoms with Gasteiger partial charge in [0.25, 0.3) is 0 Å².